The maximum Gasteiger partial charge on any atom is 0.201 e. The second kappa shape index (κ2) is 29.1. The second-order valence-corrected chi connectivity index (χ2v) is 22.6. The van der Waals surface area contributed by atoms with Crippen LogP contribution in [0.4, 0.5) is 0 Å². The lowest BCUT2D eigenvalue weighted by Crippen LogP contribution is -2.19. The molecule has 0 amide bonds. The Morgan fingerprint density at radius 1 is 0.284 bits per heavy atom. The summed E-state index contributed by atoms with van der Waals surface area (Å²) >= 11 is 0. The summed E-state index contributed by atoms with van der Waals surface area (Å²) in [6.07, 6.45) is 9.75. The summed E-state index contributed by atoms with van der Waals surface area (Å²) in [6.45, 7) is 32.7. The predicted octanol–water partition coefficient (Wildman–Crippen LogP) is 18.4. The van der Waals surface area contributed by atoms with Gasteiger partial charge in [0.1, 0.15) is 22.6 Å². The minimum atomic E-state index is -0.396. The highest BCUT2D eigenvalue weighted by molar-refractivity contribution is 6.21. The number of hydrogen-bond donors (Lipinski definition) is 0. The fourth-order valence-corrected chi connectivity index (χ4v) is 11.6. The van der Waals surface area contributed by atoms with E-state index >= 15 is 19.2 Å². The van der Waals surface area contributed by atoms with E-state index in [0.717, 1.165) is 118 Å². The van der Waals surface area contributed by atoms with Crippen molar-refractivity contribution < 1.29 is 42.9 Å². The summed E-state index contributed by atoms with van der Waals surface area (Å²) < 4.78 is 35.0. The van der Waals surface area contributed by atoms with Gasteiger partial charge in [-0.3, -0.25) is 19.2 Å². The molecule has 0 spiro atoms. The van der Waals surface area contributed by atoms with Crippen LogP contribution >= 0.6 is 0 Å². The molecule has 0 saturated carbocycles. The Labute approximate surface area is 484 Å². The molecule has 0 bridgehead atoms. The van der Waals surface area contributed by atoms with Crippen LogP contribution in [-0.2, 0) is 0 Å². The highest BCUT2D eigenvalue weighted by atomic mass is 16.5. The zero-order valence-corrected chi connectivity index (χ0v) is 51.8. The van der Waals surface area contributed by atoms with Crippen molar-refractivity contribution in [3.8, 4) is 34.5 Å². The van der Waals surface area contributed by atoms with Crippen molar-refractivity contribution in [1.29, 1.82) is 0 Å². The average molecular weight is 1100 g/mol. The molecule has 432 valence electrons. The summed E-state index contributed by atoms with van der Waals surface area (Å²) in [5, 5.41) is 0. The molecule has 6 rings (SSSR count). The molecular formula is C72H90O9. The highest BCUT2D eigenvalue weighted by Crippen LogP contribution is 2.50. The van der Waals surface area contributed by atoms with Gasteiger partial charge in [0.25, 0.3) is 0 Å². The van der Waals surface area contributed by atoms with Crippen LogP contribution in [0.3, 0.4) is 0 Å². The first kappa shape index (κ1) is 63.2. The highest BCUT2D eigenvalue weighted by Gasteiger charge is 2.37. The quantitative estimate of drug-likeness (QED) is 0.0321. The van der Waals surface area contributed by atoms with E-state index in [2.05, 4.69) is 27.7 Å². The van der Waals surface area contributed by atoms with E-state index < -0.39 is 11.6 Å². The van der Waals surface area contributed by atoms with Crippen molar-refractivity contribution in [2.75, 3.05) is 26.4 Å². The number of rotatable bonds is 30. The number of unbranched alkanes of at least 4 members (excludes halogenated alkanes) is 8. The van der Waals surface area contributed by atoms with Gasteiger partial charge in [0.05, 0.1) is 37.6 Å². The smallest absolute Gasteiger partial charge is 0.201 e. The minimum Gasteiger partial charge on any atom is -0.492 e. The molecule has 0 atom stereocenters. The Hall–Kier alpha value is -7.00. The molecule has 6 aromatic rings. The van der Waals surface area contributed by atoms with Gasteiger partial charge >= 0.3 is 0 Å². The second-order valence-electron chi connectivity index (χ2n) is 22.6. The first-order valence-electron chi connectivity index (χ1n) is 29.8. The SMILES string of the molecule is CCCCCOc1c(Oc2cc(C(=O)c3c(C)cc(C)cc3C)c(OCCCCC)c(C(=O)c3c(C)cc(C)cc3C)c2OCCCCC)cc(C(=O)c2c(C)cc(C)cc2C)c(OCCCCC)c1C(=O)c1c(C)cc(C)cc1C. The van der Waals surface area contributed by atoms with E-state index in [1.165, 1.54) is 0 Å². The molecule has 0 aliphatic heterocycles. The van der Waals surface area contributed by atoms with Gasteiger partial charge in [-0.1, -0.05) is 150 Å². The number of aryl methyl sites for hydroxylation is 12. The van der Waals surface area contributed by atoms with Gasteiger partial charge in [0, 0.05) is 22.3 Å². The number of ether oxygens (including phenoxy) is 5. The van der Waals surface area contributed by atoms with Gasteiger partial charge in [-0.15, -0.1) is 0 Å². The van der Waals surface area contributed by atoms with E-state index in [1.807, 2.05) is 132 Å². The summed E-state index contributed by atoms with van der Waals surface area (Å²) in [5.74, 6) is -1.14. The average Bonchev–Trinajstić information content (AvgIpc) is 3.39. The maximum absolute atomic E-state index is 16.1. The van der Waals surface area contributed by atoms with Crippen molar-refractivity contribution in [2.45, 2.75) is 188 Å². The van der Waals surface area contributed by atoms with Crippen LogP contribution in [0.1, 0.15) is 235 Å². The van der Waals surface area contributed by atoms with Crippen LogP contribution < -0.4 is 23.7 Å². The Kier molecular flexibility index (Phi) is 22.7. The molecule has 0 aliphatic rings. The molecule has 0 N–H and O–H groups in total. The van der Waals surface area contributed by atoms with E-state index in [9.17, 15) is 0 Å². The summed E-state index contributed by atoms with van der Waals surface area (Å²) in [6, 6.07) is 19.1. The molecule has 0 fully saturated rings. The van der Waals surface area contributed by atoms with Crippen LogP contribution in [0, 0.1) is 83.1 Å². The van der Waals surface area contributed by atoms with E-state index in [-0.39, 0.29) is 94.7 Å². The van der Waals surface area contributed by atoms with Crippen LogP contribution in [0.15, 0.2) is 60.7 Å². The third-order valence-corrected chi connectivity index (χ3v) is 15.2. The van der Waals surface area contributed by atoms with Gasteiger partial charge in [-0.05, 0) is 165 Å². The van der Waals surface area contributed by atoms with Crippen molar-refractivity contribution in [3.63, 3.8) is 0 Å². The monoisotopic (exact) mass is 1100 g/mol. The number of ketones is 4. The fraction of sp³-hybridized carbons (Fsp3) is 0.444. The Morgan fingerprint density at radius 3 is 0.741 bits per heavy atom. The molecular weight excluding hydrogens is 1010 g/mol. The molecule has 0 radical (unpaired) electrons. The Bertz CT molecular complexity index is 2970. The molecule has 9 heteroatoms. The minimum absolute atomic E-state index is 0.0150. The van der Waals surface area contributed by atoms with E-state index in [0.29, 0.717) is 47.9 Å². The lowest BCUT2D eigenvalue weighted by molar-refractivity contribution is 0.101. The van der Waals surface area contributed by atoms with Crippen molar-refractivity contribution in [2.24, 2.45) is 0 Å². The standard InChI is InChI=1S/C72H90O9/c1-17-21-25-29-77-69-55(65(73)59-47(9)33-43(5)34-48(59)10)41-57(71(79-31-27-23-19-3)63(69)67(75)61-51(13)37-45(7)38-52(61)14)81-58-42-56(66(74)60-49(11)35-44(6)36-50(60)12)70(78-30-26-22-18-2)64(72(58)80-32-28-24-20-4)68(76)62-53(15)39-46(8)40-54(62)16/h33-42H,17-32H2,1-16H3. The van der Waals surface area contributed by atoms with Crippen LogP contribution in [0.5, 0.6) is 34.5 Å². The molecule has 81 heavy (non-hydrogen) atoms. The van der Waals surface area contributed by atoms with Crippen molar-refractivity contribution >= 4 is 23.1 Å². The van der Waals surface area contributed by atoms with E-state index in [1.54, 1.807) is 12.1 Å². The maximum atomic E-state index is 16.1. The largest absolute Gasteiger partial charge is 0.492 e. The summed E-state index contributed by atoms with van der Waals surface area (Å²) in [4.78, 5) is 63.9. The molecule has 6 aromatic carbocycles. The first-order chi connectivity index (χ1) is 38.7. The Morgan fingerprint density at radius 2 is 0.506 bits per heavy atom. The fourth-order valence-electron chi connectivity index (χ4n) is 11.6. The molecule has 0 aliphatic carbocycles. The number of benzene rings is 6. The van der Waals surface area contributed by atoms with Crippen LogP contribution in [0.2, 0.25) is 0 Å². The Balaban J connectivity index is 1.86. The number of carbonyl (C=O) groups excluding carboxylic acids is 4. The third-order valence-electron chi connectivity index (χ3n) is 15.2. The summed E-state index contributed by atoms with van der Waals surface area (Å²) in [5.41, 5.74) is 12.2. The van der Waals surface area contributed by atoms with Crippen LogP contribution in [0.25, 0.3) is 0 Å². The van der Waals surface area contributed by atoms with Gasteiger partial charge in [0.2, 0.25) is 11.6 Å². The predicted molar refractivity (Wildman–Crippen MR) is 329 cm³/mol. The zero-order valence-electron chi connectivity index (χ0n) is 51.8. The molecule has 0 unspecified atom stereocenters. The third kappa shape index (κ3) is 14.9. The van der Waals surface area contributed by atoms with Crippen molar-refractivity contribution in [3.05, 3.63) is 172 Å². The van der Waals surface area contributed by atoms with Crippen LogP contribution in [-0.4, -0.2) is 49.6 Å². The molecule has 9 nitrogen and oxygen atoms in total. The van der Waals surface area contributed by atoms with Gasteiger partial charge < -0.3 is 23.7 Å². The van der Waals surface area contributed by atoms with Gasteiger partial charge in [-0.2, -0.15) is 0 Å². The molecule has 0 heterocycles. The first-order valence-corrected chi connectivity index (χ1v) is 29.8. The zero-order chi connectivity index (χ0) is 59.2. The number of hydrogen-bond acceptors (Lipinski definition) is 9. The normalized spacial score (nSPS) is 11.2. The lowest BCUT2D eigenvalue weighted by atomic mass is 9.87. The van der Waals surface area contributed by atoms with E-state index in [4.69, 9.17) is 23.7 Å². The van der Waals surface area contributed by atoms with Gasteiger partial charge in [-0.25, -0.2) is 0 Å². The number of carbonyl (C=O) groups is 4. The summed E-state index contributed by atoms with van der Waals surface area (Å²) in [7, 11) is 0. The molecule has 0 aromatic heterocycles. The van der Waals surface area contributed by atoms with Gasteiger partial charge in [0.15, 0.2) is 34.6 Å². The van der Waals surface area contributed by atoms with Crippen molar-refractivity contribution in [1.82, 2.24) is 0 Å². The topological polar surface area (TPSA) is 114 Å². The molecule has 0 saturated heterocycles. The lowest BCUT2D eigenvalue weighted by Gasteiger charge is -2.26.